The lowest BCUT2D eigenvalue weighted by Gasteiger charge is -2.14. The highest BCUT2D eigenvalue weighted by atomic mass is 35.5. The molecular weight excluding hydrogens is 334 g/mol. The third-order valence-corrected chi connectivity index (χ3v) is 3.92. The summed E-state index contributed by atoms with van der Waals surface area (Å²) in [6, 6.07) is 8.04. The Balaban J connectivity index is 2.53. The van der Waals surface area contributed by atoms with Gasteiger partial charge in [0.15, 0.2) is 5.78 Å². The zero-order chi connectivity index (χ0) is 17.9. The molecule has 0 saturated heterocycles. The van der Waals surface area contributed by atoms with E-state index in [9.17, 15) is 14.4 Å². The summed E-state index contributed by atoms with van der Waals surface area (Å²) in [4.78, 5) is 36.3. The van der Waals surface area contributed by atoms with Crippen LogP contribution in [0.4, 0.5) is 0 Å². The Morgan fingerprint density at radius 1 is 1.29 bits per heavy atom. The number of ether oxygens (including phenoxy) is 1. The van der Waals surface area contributed by atoms with Gasteiger partial charge in [0.1, 0.15) is 11.3 Å². The molecule has 1 N–H and O–H groups in total. The zero-order valence-corrected chi connectivity index (χ0v) is 14.0. The van der Waals surface area contributed by atoms with Gasteiger partial charge in [0, 0.05) is 5.69 Å². The first kappa shape index (κ1) is 17.7. The fraction of sp³-hybridized carbons (Fsp3) is 0.235. The summed E-state index contributed by atoms with van der Waals surface area (Å²) in [5, 5.41) is 9.03. The van der Waals surface area contributed by atoms with Crippen LogP contribution >= 0.6 is 11.6 Å². The van der Waals surface area contributed by atoms with Crippen molar-refractivity contribution in [1.82, 2.24) is 4.57 Å². The Morgan fingerprint density at radius 3 is 2.54 bits per heavy atom. The van der Waals surface area contributed by atoms with Gasteiger partial charge in [-0.3, -0.25) is 9.59 Å². The van der Waals surface area contributed by atoms with Gasteiger partial charge in [-0.1, -0.05) is 30.7 Å². The summed E-state index contributed by atoms with van der Waals surface area (Å²) in [5.41, 5.74) is -0.532. The summed E-state index contributed by atoms with van der Waals surface area (Å²) in [5.74, 6) is -1.39. The van der Waals surface area contributed by atoms with Crippen LogP contribution in [0, 0.1) is 0 Å². The summed E-state index contributed by atoms with van der Waals surface area (Å²) in [6.07, 6.45) is 0.425. The molecule has 6 nitrogen and oxygen atoms in total. The maximum Gasteiger partial charge on any atom is 0.342 e. The number of benzene rings is 1. The Morgan fingerprint density at radius 2 is 1.96 bits per heavy atom. The molecule has 126 valence electrons. The molecule has 0 fully saturated rings. The maximum absolute atomic E-state index is 12.6. The molecule has 1 aromatic heterocycles. The molecule has 0 amide bonds. The summed E-state index contributed by atoms with van der Waals surface area (Å²) >= 11 is 5.88. The van der Waals surface area contributed by atoms with Crippen LogP contribution in [0.5, 0.6) is 5.75 Å². The molecule has 0 spiro atoms. The minimum Gasteiger partial charge on any atom is -0.496 e. The number of hydrogen-bond acceptors (Lipinski definition) is 4. The van der Waals surface area contributed by atoms with E-state index in [2.05, 4.69) is 0 Å². The second-order valence-corrected chi connectivity index (χ2v) is 5.44. The van der Waals surface area contributed by atoms with Crippen molar-refractivity contribution in [2.75, 3.05) is 7.11 Å². The molecule has 0 bridgehead atoms. The summed E-state index contributed by atoms with van der Waals surface area (Å²) < 4.78 is 6.29. The molecule has 0 aliphatic rings. The number of aromatic carboxylic acids is 1. The van der Waals surface area contributed by atoms with E-state index in [0.29, 0.717) is 23.4 Å². The molecule has 0 radical (unpaired) electrons. The van der Waals surface area contributed by atoms with Crippen LogP contribution in [0.15, 0.2) is 35.1 Å². The van der Waals surface area contributed by atoms with Gasteiger partial charge in [0.25, 0.3) is 5.56 Å². The highest BCUT2D eigenvalue weighted by Gasteiger charge is 2.21. The lowest BCUT2D eigenvalue weighted by Crippen LogP contribution is -2.31. The fourth-order valence-electron chi connectivity index (χ4n) is 2.43. The number of hydrogen-bond donors (Lipinski definition) is 1. The van der Waals surface area contributed by atoms with Crippen molar-refractivity contribution < 1.29 is 19.4 Å². The molecular formula is C17H16ClNO5. The molecule has 2 rings (SSSR count). The number of aryl methyl sites for hydroxylation is 1. The standard InChI is InChI=1S/C17H16ClNO5/c1-3-10-8-12(18)15(17(22)23)16(21)19(10)9-13(20)11-6-4-5-7-14(11)24-2/h4-8H,3,9H2,1-2H3,(H,22,23). The number of nitrogens with zero attached hydrogens (tertiary/aromatic N) is 1. The molecule has 2 aromatic rings. The van der Waals surface area contributed by atoms with Crippen molar-refractivity contribution in [3.8, 4) is 5.75 Å². The largest absolute Gasteiger partial charge is 0.496 e. The second kappa shape index (κ2) is 7.31. The Labute approximate surface area is 143 Å². The van der Waals surface area contributed by atoms with Crippen LogP contribution in [0.2, 0.25) is 5.02 Å². The normalized spacial score (nSPS) is 10.5. The van der Waals surface area contributed by atoms with Gasteiger partial charge in [-0.05, 0) is 24.6 Å². The van der Waals surface area contributed by atoms with E-state index in [0.717, 1.165) is 4.57 Å². The zero-order valence-electron chi connectivity index (χ0n) is 13.2. The summed E-state index contributed by atoms with van der Waals surface area (Å²) in [6.45, 7) is 1.50. The Bertz CT molecular complexity index is 857. The predicted molar refractivity (Wildman–Crippen MR) is 89.4 cm³/mol. The van der Waals surface area contributed by atoms with E-state index >= 15 is 0 Å². The number of carboxylic acids is 1. The number of rotatable bonds is 6. The van der Waals surface area contributed by atoms with Gasteiger partial charge >= 0.3 is 5.97 Å². The third-order valence-electron chi connectivity index (χ3n) is 3.62. The van der Waals surface area contributed by atoms with Crippen molar-refractivity contribution in [1.29, 1.82) is 0 Å². The molecule has 7 heteroatoms. The minimum absolute atomic E-state index is 0.134. The van der Waals surface area contributed by atoms with Gasteiger partial charge in [-0.2, -0.15) is 0 Å². The first-order valence-corrected chi connectivity index (χ1v) is 7.60. The van der Waals surface area contributed by atoms with Crippen LogP contribution in [0.25, 0.3) is 0 Å². The van der Waals surface area contributed by atoms with Gasteiger partial charge in [-0.15, -0.1) is 0 Å². The number of carbonyl (C=O) groups is 2. The number of pyridine rings is 1. The van der Waals surface area contributed by atoms with E-state index < -0.39 is 17.1 Å². The summed E-state index contributed by atoms with van der Waals surface area (Å²) in [7, 11) is 1.45. The van der Waals surface area contributed by atoms with Gasteiger partial charge in [0.05, 0.1) is 24.2 Å². The Kier molecular flexibility index (Phi) is 5.41. The van der Waals surface area contributed by atoms with E-state index in [1.54, 1.807) is 31.2 Å². The number of carbonyl (C=O) groups excluding carboxylic acids is 1. The molecule has 0 aliphatic carbocycles. The van der Waals surface area contributed by atoms with E-state index in [1.165, 1.54) is 13.2 Å². The topological polar surface area (TPSA) is 85.6 Å². The highest BCUT2D eigenvalue weighted by Crippen LogP contribution is 2.20. The van der Waals surface area contributed by atoms with E-state index in [1.807, 2.05) is 0 Å². The second-order valence-electron chi connectivity index (χ2n) is 5.03. The first-order chi connectivity index (χ1) is 11.4. The van der Waals surface area contributed by atoms with E-state index in [-0.39, 0.29) is 17.4 Å². The molecule has 0 atom stereocenters. The molecule has 1 heterocycles. The first-order valence-electron chi connectivity index (χ1n) is 7.22. The van der Waals surface area contributed by atoms with Crippen LogP contribution in [-0.2, 0) is 13.0 Å². The van der Waals surface area contributed by atoms with Crippen molar-refractivity contribution in [2.24, 2.45) is 0 Å². The highest BCUT2D eigenvalue weighted by molar-refractivity contribution is 6.33. The molecule has 0 aliphatic heterocycles. The van der Waals surface area contributed by atoms with Crippen molar-refractivity contribution in [3.63, 3.8) is 0 Å². The Hall–Kier alpha value is -2.60. The lowest BCUT2D eigenvalue weighted by atomic mass is 10.1. The molecule has 24 heavy (non-hydrogen) atoms. The van der Waals surface area contributed by atoms with Crippen LogP contribution in [0.3, 0.4) is 0 Å². The fourth-order valence-corrected chi connectivity index (χ4v) is 2.72. The van der Waals surface area contributed by atoms with Crippen molar-refractivity contribution >= 4 is 23.4 Å². The minimum atomic E-state index is -1.42. The number of Topliss-reactive ketones (excluding diaryl/α,β-unsaturated/α-hetero) is 1. The number of carboxylic acid groups (broad SMARTS) is 1. The number of aromatic nitrogens is 1. The number of methoxy groups -OCH3 is 1. The predicted octanol–water partition coefficient (Wildman–Crippen LogP) is 2.65. The number of ketones is 1. The van der Waals surface area contributed by atoms with Crippen molar-refractivity contribution in [2.45, 2.75) is 19.9 Å². The quantitative estimate of drug-likeness (QED) is 0.810. The van der Waals surface area contributed by atoms with Gasteiger partial charge in [0.2, 0.25) is 0 Å². The van der Waals surface area contributed by atoms with Crippen LogP contribution < -0.4 is 10.3 Å². The van der Waals surface area contributed by atoms with Gasteiger partial charge < -0.3 is 14.4 Å². The lowest BCUT2D eigenvalue weighted by molar-refractivity contribution is 0.0693. The smallest absolute Gasteiger partial charge is 0.342 e. The van der Waals surface area contributed by atoms with Crippen LogP contribution in [-0.4, -0.2) is 28.5 Å². The maximum atomic E-state index is 12.6. The van der Waals surface area contributed by atoms with Crippen LogP contribution in [0.1, 0.15) is 33.3 Å². The van der Waals surface area contributed by atoms with E-state index in [4.69, 9.17) is 21.4 Å². The number of para-hydroxylation sites is 1. The monoisotopic (exact) mass is 349 g/mol. The molecule has 1 aromatic carbocycles. The molecule has 0 unspecified atom stereocenters. The van der Waals surface area contributed by atoms with Crippen molar-refractivity contribution in [3.05, 3.63) is 62.5 Å². The average molecular weight is 350 g/mol. The third kappa shape index (κ3) is 3.33. The SMILES string of the molecule is CCc1cc(Cl)c(C(=O)O)c(=O)n1CC(=O)c1ccccc1OC. The van der Waals surface area contributed by atoms with Gasteiger partial charge in [-0.25, -0.2) is 4.79 Å². The molecule has 0 saturated carbocycles. The number of halogens is 1. The average Bonchev–Trinajstić information content (AvgIpc) is 2.56.